The third-order valence-electron chi connectivity index (χ3n) is 5.13. The molecule has 3 rings (SSSR count). The van der Waals surface area contributed by atoms with Crippen LogP contribution in [0.25, 0.3) is 10.2 Å². The summed E-state index contributed by atoms with van der Waals surface area (Å²) >= 11 is 1.54. The number of rotatable bonds is 4. The van der Waals surface area contributed by atoms with Gasteiger partial charge in [-0.15, -0.1) is 11.3 Å². The fraction of sp³-hybridized carbons (Fsp3) is 0.588. The van der Waals surface area contributed by atoms with Crippen molar-refractivity contribution in [1.82, 2.24) is 14.5 Å². The second-order valence-corrected chi connectivity index (χ2v) is 8.24. The Balaban J connectivity index is 1.72. The van der Waals surface area contributed by atoms with Crippen LogP contribution in [0.4, 0.5) is 0 Å². The smallest absolute Gasteiger partial charge is 0.262 e. The molecule has 0 aromatic carbocycles. The molecule has 130 valence electrons. The van der Waals surface area contributed by atoms with Gasteiger partial charge in [-0.2, -0.15) is 0 Å². The number of likely N-dealkylation sites (tertiary alicyclic amines) is 1. The number of carbonyl (C=O) groups excluding carboxylic acids is 1. The zero-order valence-corrected chi connectivity index (χ0v) is 15.3. The van der Waals surface area contributed by atoms with Crippen LogP contribution in [0.15, 0.2) is 11.1 Å². The Morgan fingerprint density at radius 2 is 2.21 bits per heavy atom. The fourth-order valence-electron chi connectivity index (χ4n) is 3.21. The Morgan fingerprint density at radius 3 is 2.88 bits per heavy atom. The lowest BCUT2D eigenvalue weighted by Gasteiger charge is -2.22. The molecule has 0 aliphatic carbocycles. The second-order valence-electron chi connectivity index (χ2n) is 7.04. The van der Waals surface area contributed by atoms with Crippen LogP contribution in [0.5, 0.6) is 0 Å². The molecule has 24 heavy (non-hydrogen) atoms. The van der Waals surface area contributed by atoms with Gasteiger partial charge in [-0.3, -0.25) is 14.2 Å². The van der Waals surface area contributed by atoms with Gasteiger partial charge in [0.1, 0.15) is 4.83 Å². The summed E-state index contributed by atoms with van der Waals surface area (Å²) in [5.41, 5.74) is 6.76. The number of hydrogen-bond acceptors (Lipinski definition) is 5. The lowest BCUT2D eigenvalue weighted by Crippen LogP contribution is -2.35. The normalized spacial score (nSPS) is 20.9. The Morgan fingerprint density at radius 1 is 1.46 bits per heavy atom. The van der Waals surface area contributed by atoms with Gasteiger partial charge in [0.05, 0.1) is 11.7 Å². The number of carbonyl (C=O) groups is 1. The Hall–Kier alpha value is -1.73. The number of fused-ring (bicyclic) bond motifs is 1. The van der Waals surface area contributed by atoms with Gasteiger partial charge in [-0.05, 0) is 37.8 Å². The molecular weight excluding hydrogens is 324 g/mol. The van der Waals surface area contributed by atoms with Gasteiger partial charge in [0.25, 0.3) is 5.56 Å². The van der Waals surface area contributed by atoms with Gasteiger partial charge in [0.15, 0.2) is 0 Å². The van der Waals surface area contributed by atoms with Gasteiger partial charge in [0, 0.05) is 30.9 Å². The predicted octanol–water partition coefficient (Wildman–Crippen LogP) is 1.66. The molecule has 0 radical (unpaired) electrons. The van der Waals surface area contributed by atoms with Crippen molar-refractivity contribution >= 4 is 27.5 Å². The first-order valence-corrected chi connectivity index (χ1v) is 9.09. The van der Waals surface area contributed by atoms with Crippen LogP contribution in [0, 0.1) is 19.3 Å². The first kappa shape index (κ1) is 17.1. The average molecular weight is 348 g/mol. The molecule has 1 atom stereocenters. The molecule has 1 unspecified atom stereocenters. The number of nitrogens with two attached hydrogens (primary N) is 1. The Kier molecular flexibility index (Phi) is 4.48. The summed E-state index contributed by atoms with van der Waals surface area (Å²) in [4.78, 5) is 33.2. The Labute approximate surface area is 145 Å². The Bertz CT molecular complexity index is 841. The summed E-state index contributed by atoms with van der Waals surface area (Å²) in [5, 5.41) is 0.685. The van der Waals surface area contributed by atoms with Crippen LogP contribution >= 0.6 is 11.3 Å². The van der Waals surface area contributed by atoms with Crippen LogP contribution in [0.1, 0.15) is 30.2 Å². The van der Waals surface area contributed by atoms with Gasteiger partial charge in [-0.25, -0.2) is 4.98 Å². The minimum absolute atomic E-state index is 0.0261. The maximum absolute atomic E-state index is 12.6. The van der Waals surface area contributed by atoms with Crippen molar-refractivity contribution in [3.05, 3.63) is 27.1 Å². The zero-order valence-electron chi connectivity index (χ0n) is 14.5. The van der Waals surface area contributed by atoms with Gasteiger partial charge < -0.3 is 10.6 Å². The van der Waals surface area contributed by atoms with Crippen LogP contribution in [0.2, 0.25) is 0 Å². The molecule has 1 saturated heterocycles. The first-order valence-electron chi connectivity index (χ1n) is 8.27. The minimum Gasteiger partial charge on any atom is -0.342 e. The molecular formula is C17H24N4O2S. The second kappa shape index (κ2) is 6.29. The lowest BCUT2D eigenvalue weighted by atomic mass is 9.90. The molecule has 7 heteroatoms. The summed E-state index contributed by atoms with van der Waals surface area (Å²) < 4.78 is 1.55. The highest BCUT2D eigenvalue weighted by Crippen LogP contribution is 2.29. The van der Waals surface area contributed by atoms with Crippen molar-refractivity contribution in [2.45, 2.75) is 40.2 Å². The van der Waals surface area contributed by atoms with E-state index in [-0.39, 0.29) is 16.9 Å². The molecule has 2 aromatic rings. The largest absolute Gasteiger partial charge is 0.342 e. The maximum Gasteiger partial charge on any atom is 0.262 e. The van der Waals surface area contributed by atoms with Crippen molar-refractivity contribution in [1.29, 1.82) is 0 Å². The third kappa shape index (κ3) is 2.98. The molecule has 0 saturated carbocycles. The van der Waals surface area contributed by atoms with E-state index in [0.717, 1.165) is 28.2 Å². The fourth-order valence-corrected chi connectivity index (χ4v) is 4.19. The molecule has 1 fully saturated rings. The van der Waals surface area contributed by atoms with E-state index in [0.29, 0.717) is 31.4 Å². The number of hydrogen-bond donors (Lipinski definition) is 1. The van der Waals surface area contributed by atoms with Gasteiger partial charge in [-0.1, -0.05) is 6.92 Å². The van der Waals surface area contributed by atoms with Crippen LogP contribution in [0.3, 0.4) is 0 Å². The topological polar surface area (TPSA) is 81.2 Å². The highest BCUT2D eigenvalue weighted by atomic mass is 32.1. The average Bonchev–Trinajstić information content (AvgIpc) is 3.09. The van der Waals surface area contributed by atoms with Gasteiger partial charge in [0.2, 0.25) is 5.91 Å². The summed E-state index contributed by atoms with van der Waals surface area (Å²) in [6.07, 6.45) is 2.81. The SMILES string of the molecule is Cc1sc2ncn(CCC(=O)N3CCC(C)(CN)C3)c(=O)c2c1C. The molecule has 2 aromatic heterocycles. The van der Waals surface area contributed by atoms with Crippen LogP contribution in [-0.4, -0.2) is 40.0 Å². The van der Waals surface area contributed by atoms with Crippen molar-refractivity contribution < 1.29 is 4.79 Å². The first-order chi connectivity index (χ1) is 11.3. The molecule has 1 amide bonds. The van der Waals surface area contributed by atoms with E-state index in [1.54, 1.807) is 10.9 Å². The lowest BCUT2D eigenvalue weighted by molar-refractivity contribution is -0.130. The van der Waals surface area contributed by atoms with E-state index in [1.165, 1.54) is 11.3 Å². The molecule has 0 bridgehead atoms. The van der Waals surface area contributed by atoms with Gasteiger partial charge >= 0.3 is 0 Å². The summed E-state index contributed by atoms with van der Waals surface area (Å²) in [6, 6.07) is 0. The van der Waals surface area contributed by atoms with E-state index >= 15 is 0 Å². The van der Waals surface area contributed by atoms with Crippen molar-refractivity contribution in [2.24, 2.45) is 11.1 Å². The van der Waals surface area contributed by atoms with Crippen molar-refractivity contribution in [3.8, 4) is 0 Å². The van der Waals surface area contributed by atoms with E-state index in [2.05, 4.69) is 11.9 Å². The van der Waals surface area contributed by atoms with E-state index in [9.17, 15) is 9.59 Å². The molecule has 1 aliphatic rings. The minimum atomic E-state index is -0.0529. The standard InChI is InChI=1S/C17H24N4O2S/c1-11-12(2)24-15-14(11)16(23)21(10-19-15)6-4-13(22)20-7-5-17(3,8-18)9-20/h10H,4-9,18H2,1-3H3. The number of nitrogens with zero attached hydrogens (tertiary/aromatic N) is 3. The van der Waals surface area contributed by atoms with Crippen molar-refractivity contribution in [3.63, 3.8) is 0 Å². The molecule has 3 heterocycles. The predicted molar refractivity (Wildman–Crippen MR) is 96.3 cm³/mol. The number of aryl methyl sites for hydroxylation is 3. The van der Waals surface area contributed by atoms with Crippen molar-refractivity contribution in [2.75, 3.05) is 19.6 Å². The highest BCUT2D eigenvalue weighted by molar-refractivity contribution is 7.18. The number of thiophene rings is 1. The number of amides is 1. The van der Waals surface area contributed by atoms with E-state index in [4.69, 9.17) is 5.73 Å². The molecule has 0 spiro atoms. The van der Waals surface area contributed by atoms with E-state index in [1.807, 2.05) is 18.7 Å². The number of aromatic nitrogens is 2. The summed E-state index contributed by atoms with van der Waals surface area (Å²) in [7, 11) is 0. The van der Waals surface area contributed by atoms with Crippen LogP contribution < -0.4 is 11.3 Å². The summed E-state index contributed by atoms with van der Waals surface area (Å²) in [6.45, 7) is 8.48. The third-order valence-corrected chi connectivity index (χ3v) is 6.24. The highest BCUT2D eigenvalue weighted by Gasteiger charge is 2.34. The molecule has 1 aliphatic heterocycles. The summed E-state index contributed by atoms with van der Waals surface area (Å²) in [5.74, 6) is 0.0809. The quantitative estimate of drug-likeness (QED) is 0.911. The molecule has 2 N–H and O–H groups in total. The monoisotopic (exact) mass is 348 g/mol. The maximum atomic E-state index is 12.6. The van der Waals surface area contributed by atoms with Crippen LogP contribution in [-0.2, 0) is 11.3 Å². The van der Waals surface area contributed by atoms with E-state index < -0.39 is 0 Å². The zero-order chi connectivity index (χ0) is 17.5. The molecule has 6 nitrogen and oxygen atoms in total.